The Hall–Kier alpha value is -0.860. The second kappa shape index (κ2) is 8.71. The molecule has 0 aromatic carbocycles. The Bertz CT molecular complexity index is 611. The average molecular weight is 405 g/mol. The molecule has 3 heteroatoms. The number of carboxylic acids is 1. The Morgan fingerprint density at radius 3 is 2.45 bits per heavy atom. The SMILES string of the molecule is CC(C)CCC[C@H](C)[C@@H]1CC[C@@H]2[C@@H]3CCC(=O)[C@](C)(CCC(=O)O)[C@@H]3CC[C@]21C. The van der Waals surface area contributed by atoms with Crippen LogP contribution in [0, 0.1) is 46.3 Å². The van der Waals surface area contributed by atoms with Crippen molar-refractivity contribution in [2.24, 2.45) is 46.3 Å². The van der Waals surface area contributed by atoms with E-state index in [0.717, 1.165) is 36.5 Å². The minimum absolute atomic E-state index is 0.128. The van der Waals surface area contributed by atoms with E-state index < -0.39 is 11.4 Å². The van der Waals surface area contributed by atoms with E-state index in [2.05, 4.69) is 34.6 Å². The monoisotopic (exact) mass is 404 g/mol. The lowest BCUT2D eigenvalue weighted by atomic mass is 9.48. The van der Waals surface area contributed by atoms with Crippen molar-refractivity contribution < 1.29 is 14.7 Å². The largest absolute Gasteiger partial charge is 0.481 e. The number of fused-ring (bicyclic) bond motifs is 3. The van der Waals surface area contributed by atoms with Crippen LogP contribution in [0.4, 0.5) is 0 Å². The highest BCUT2D eigenvalue weighted by Gasteiger charge is 2.59. The van der Waals surface area contributed by atoms with Crippen LogP contribution in [0.5, 0.6) is 0 Å². The molecule has 0 bridgehead atoms. The molecule has 3 rings (SSSR count). The maximum Gasteiger partial charge on any atom is 0.303 e. The molecular formula is C26H44O3. The Kier molecular flexibility index (Phi) is 6.85. The van der Waals surface area contributed by atoms with E-state index in [1.54, 1.807) is 0 Å². The number of hydrogen-bond acceptors (Lipinski definition) is 2. The molecule has 7 atom stereocenters. The number of carboxylic acid groups (broad SMARTS) is 1. The van der Waals surface area contributed by atoms with Crippen molar-refractivity contribution in [2.75, 3.05) is 0 Å². The molecule has 0 heterocycles. The highest BCUT2D eigenvalue weighted by molar-refractivity contribution is 5.86. The van der Waals surface area contributed by atoms with Gasteiger partial charge in [-0.15, -0.1) is 0 Å². The van der Waals surface area contributed by atoms with E-state index in [4.69, 9.17) is 0 Å². The van der Waals surface area contributed by atoms with Crippen LogP contribution in [0.1, 0.15) is 105 Å². The van der Waals surface area contributed by atoms with Crippen LogP contribution in [0.15, 0.2) is 0 Å². The smallest absolute Gasteiger partial charge is 0.303 e. The molecule has 0 amide bonds. The molecule has 3 aliphatic rings. The van der Waals surface area contributed by atoms with Gasteiger partial charge in [0, 0.05) is 18.3 Å². The summed E-state index contributed by atoms with van der Waals surface area (Å²) < 4.78 is 0. The number of rotatable bonds is 8. The van der Waals surface area contributed by atoms with Crippen LogP contribution < -0.4 is 0 Å². The van der Waals surface area contributed by atoms with Gasteiger partial charge in [-0.1, -0.05) is 53.9 Å². The van der Waals surface area contributed by atoms with Gasteiger partial charge in [0.1, 0.15) is 5.78 Å². The minimum Gasteiger partial charge on any atom is -0.481 e. The second-order valence-electron chi connectivity index (χ2n) is 11.7. The molecule has 0 spiro atoms. The van der Waals surface area contributed by atoms with Crippen LogP contribution in [0.3, 0.4) is 0 Å². The molecule has 0 saturated heterocycles. The Morgan fingerprint density at radius 1 is 1.07 bits per heavy atom. The van der Waals surface area contributed by atoms with Gasteiger partial charge in [0.25, 0.3) is 0 Å². The number of Topliss-reactive ketones (excluding diaryl/α,β-unsaturated/α-hetero) is 1. The summed E-state index contributed by atoms with van der Waals surface area (Å²) in [4.78, 5) is 24.1. The maximum atomic E-state index is 12.9. The molecule has 29 heavy (non-hydrogen) atoms. The second-order valence-corrected chi connectivity index (χ2v) is 11.7. The predicted molar refractivity (Wildman–Crippen MR) is 118 cm³/mol. The van der Waals surface area contributed by atoms with E-state index in [1.165, 1.54) is 38.5 Å². The van der Waals surface area contributed by atoms with Gasteiger partial charge in [0.2, 0.25) is 0 Å². The fraction of sp³-hybridized carbons (Fsp3) is 0.923. The summed E-state index contributed by atoms with van der Waals surface area (Å²) in [5.74, 6) is 3.74. The summed E-state index contributed by atoms with van der Waals surface area (Å²) in [5, 5.41) is 9.22. The van der Waals surface area contributed by atoms with E-state index in [1.807, 2.05) is 0 Å². The minimum atomic E-state index is -0.766. The number of aliphatic carboxylic acids is 1. The lowest BCUT2D eigenvalue weighted by molar-refractivity contribution is -0.148. The van der Waals surface area contributed by atoms with Gasteiger partial charge in [0.15, 0.2) is 0 Å². The molecule has 0 aromatic rings. The molecule has 1 N–H and O–H groups in total. The van der Waals surface area contributed by atoms with Gasteiger partial charge in [-0.25, -0.2) is 0 Å². The Labute approximate surface area is 178 Å². The van der Waals surface area contributed by atoms with Crippen LogP contribution in [0.25, 0.3) is 0 Å². The third-order valence-corrected chi connectivity index (χ3v) is 9.66. The van der Waals surface area contributed by atoms with Crippen LogP contribution in [0.2, 0.25) is 0 Å². The topological polar surface area (TPSA) is 54.4 Å². The van der Waals surface area contributed by atoms with Crippen LogP contribution in [-0.2, 0) is 9.59 Å². The van der Waals surface area contributed by atoms with E-state index in [-0.39, 0.29) is 6.42 Å². The molecule has 0 aromatic heterocycles. The summed E-state index contributed by atoms with van der Waals surface area (Å²) in [6, 6.07) is 0. The third kappa shape index (κ3) is 4.30. The first kappa shape index (κ1) is 22.8. The molecular weight excluding hydrogens is 360 g/mol. The van der Waals surface area contributed by atoms with Gasteiger partial charge in [0.05, 0.1) is 0 Å². The van der Waals surface area contributed by atoms with Crippen molar-refractivity contribution in [3.05, 3.63) is 0 Å². The summed E-state index contributed by atoms with van der Waals surface area (Å²) in [6.45, 7) is 11.8. The van der Waals surface area contributed by atoms with Crippen molar-refractivity contribution >= 4 is 11.8 Å². The standard InChI is InChI=1S/C26H44O3/c1-17(2)7-6-8-18(3)20-10-11-21-19-9-12-23(27)26(5,16-14-24(28)29)22(19)13-15-25(20,21)4/h17-22H,6-16H2,1-5H3,(H,28,29)/t18-,19-,20-,21+,22+,25-,26+/m0/s1. The first-order valence-corrected chi connectivity index (χ1v) is 12.3. The molecule has 166 valence electrons. The highest BCUT2D eigenvalue weighted by Crippen LogP contribution is 2.65. The van der Waals surface area contributed by atoms with Crippen molar-refractivity contribution in [2.45, 2.75) is 105 Å². The van der Waals surface area contributed by atoms with Crippen molar-refractivity contribution in [3.63, 3.8) is 0 Å². The van der Waals surface area contributed by atoms with Gasteiger partial charge in [-0.05, 0) is 79.4 Å². The maximum absolute atomic E-state index is 12.9. The third-order valence-electron chi connectivity index (χ3n) is 9.66. The molecule has 3 saturated carbocycles. The normalized spacial score (nSPS) is 40.6. The Balaban J connectivity index is 1.73. The number of carbonyl (C=O) groups is 2. The zero-order valence-corrected chi connectivity index (χ0v) is 19.5. The Morgan fingerprint density at radius 2 is 1.79 bits per heavy atom. The summed E-state index contributed by atoms with van der Waals surface area (Å²) in [6.07, 6.45) is 11.4. The summed E-state index contributed by atoms with van der Waals surface area (Å²) in [5.41, 5.74) is 0.0100. The quantitative estimate of drug-likeness (QED) is 0.487. The average Bonchev–Trinajstić information content (AvgIpc) is 3.00. The predicted octanol–water partition coefficient (Wildman–Crippen LogP) is 6.74. The summed E-state index contributed by atoms with van der Waals surface area (Å²) >= 11 is 0. The van der Waals surface area contributed by atoms with Crippen molar-refractivity contribution in [1.29, 1.82) is 0 Å². The van der Waals surface area contributed by atoms with Gasteiger partial charge >= 0.3 is 5.97 Å². The first-order chi connectivity index (χ1) is 13.6. The molecule has 0 aliphatic heterocycles. The zero-order chi connectivity index (χ0) is 21.4. The number of hydrogen-bond donors (Lipinski definition) is 1. The molecule has 0 unspecified atom stereocenters. The highest BCUT2D eigenvalue weighted by atomic mass is 16.4. The van der Waals surface area contributed by atoms with Crippen LogP contribution >= 0.6 is 0 Å². The zero-order valence-electron chi connectivity index (χ0n) is 19.5. The number of carbonyl (C=O) groups excluding carboxylic acids is 1. The molecule has 3 fully saturated rings. The lowest BCUT2D eigenvalue weighted by Crippen LogP contribution is -2.52. The lowest BCUT2D eigenvalue weighted by Gasteiger charge is -2.56. The first-order valence-electron chi connectivity index (χ1n) is 12.3. The molecule has 3 aliphatic carbocycles. The fourth-order valence-electron chi connectivity index (χ4n) is 7.99. The van der Waals surface area contributed by atoms with E-state index in [9.17, 15) is 14.7 Å². The van der Waals surface area contributed by atoms with Crippen molar-refractivity contribution in [1.82, 2.24) is 0 Å². The van der Waals surface area contributed by atoms with Gasteiger partial charge in [-0.3, -0.25) is 9.59 Å². The van der Waals surface area contributed by atoms with E-state index >= 15 is 0 Å². The molecule has 3 nitrogen and oxygen atoms in total. The van der Waals surface area contributed by atoms with Gasteiger partial charge in [-0.2, -0.15) is 0 Å². The fourth-order valence-corrected chi connectivity index (χ4v) is 7.99. The molecule has 0 radical (unpaired) electrons. The van der Waals surface area contributed by atoms with Crippen molar-refractivity contribution in [3.8, 4) is 0 Å². The number of ketones is 1. The van der Waals surface area contributed by atoms with Gasteiger partial charge < -0.3 is 5.11 Å². The van der Waals surface area contributed by atoms with Crippen LogP contribution in [-0.4, -0.2) is 16.9 Å². The van der Waals surface area contributed by atoms with E-state index in [0.29, 0.717) is 35.9 Å². The summed E-state index contributed by atoms with van der Waals surface area (Å²) in [7, 11) is 0.